The third kappa shape index (κ3) is 4.20. The van der Waals surface area contributed by atoms with Crippen LogP contribution in [0.5, 0.6) is 0 Å². The molecule has 0 aliphatic carbocycles. The van der Waals surface area contributed by atoms with E-state index in [0.29, 0.717) is 5.69 Å². The second-order valence-electron chi connectivity index (χ2n) is 4.21. The highest BCUT2D eigenvalue weighted by Gasteiger charge is 2.08. The zero-order valence-corrected chi connectivity index (χ0v) is 10.1. The van der Waals surface area contributed by atoms with Crippen molar-refractivity contribution >= 4 is 11.5 Å². The summed E-state index contributed by atoms with van der Waals surface area (Å²) in [4.78, 5) is 6.63. The zero-order valence-electron chi connectivity index (χ0n) is 10.1. The van der Waals surface area contributed by atoms with Gasteiger partial charge in [-0.05, 0) is 25.1 Å². The Bertz CT molecular complexity index is 322. The Morgan fingerprint density at radius 3 is 2.88 bits per heavy atom. The van der Waals surface area contributed by atoms with E-state index in [0.717, 1.165) is 51.6 Å². The number of nitrogen functional groups attached to an aromatic ring is 1. The fourth-order valence-electron chi connectivity index (χ4n) is 1.85. The summed E-state index contributed by atoms with van der Waals surface area (Å²) < 4.78 is 5.31. The van der Waals surface area contributed by atoms with Gasteiger partial charge in [-0.15, -0.1) is 0 Å². The number of nitrogens with zero attached hydrogens (tertiary/aromatic N) is 2. The maximum absolute atomic E-state index is 5.57. The molecule has 1 aliphatic heterocycles. The van der Waals surface area contributed by atoms with E-state index >= 15 is 0 Å². The molecule has 17 heavy (non-hydrogen) atoms. The summed E-state index contributed by atoms with van der Waals surface area (Å²) in [5, 5.41) is 3.29. The fourth-order valence-corrected chi connectivity index (χ4v) is 1.85. The van der Waals surface area contributed by atoms with Crippen molar-refractivity contribution < 1.29 is 4.74 Å². The summed E-state index contributed by atoms with van der Waals surface area (Å²) in [7, 11) is 0. The van der Waals surface area contributed by atoms with Gasteiger partial charge in [0.1, 0.15) is 5.82 Å². The number of hydrogen-bond donors (Lipinski definition) is 2. The minimum Gasteiger partial charge on any atom is -0.397 e. The van der Waals surface area contributed by atoms with E-state index in [-0.39, 0.29) is 0 Å². The van der Waals surface area contributed by atoms with Crippen LogP contribution in [0.4, 0.5) is 11.5 Å². The van der Waals surface area contributed by atoms with Crippen molar-refractivity contribution in [3.63, 3.8) is 0 Å². The lowest BCUT2D eigenvalue weighted by atomic mass is 10.3. The van der Waals surface area contributed by atoms with Gasteiger partial charge in [0.25, 0.3) is 0 Å². The smallest absolute Gasteiger partial charge is 0.126 e. The number of nitrogens with two attached hydrogens (primary N) is 1. The molecule has 5 nitrogen and oxygen atoms in total. The Balaban J connectivity index is 1.60. The monoisotopic (exact) mass is 236 g/mol. The molecule has 1 saturated heterocycles. The molecule has 1 fully saturated rings. The average Bonchev–Trinajstić information content (AvgIpc) is 2.38. The summed E-state index contributed by atoms with van der Waals surface area (Å²) in [6.07, 6.45) is 2.79. The van der Waals surface area contributed by atoms with E-state index in [2.05, 4.69) is 15.2 Å². The van der Waals surface area contributed by atoms with E-state index < -0.39 is 0 Å². The number of anilines is 2. The summed E-state index contributed by atoms with van der Waals surface area (Å²) in [5.41, 5.74) is 6.27. The molecule has 0 atom stereocenters. The van der Waals surface area contributed by atoms with Crippen LogP contribution in [0.25, 0.3) is 0 Å². The second kappa shape index (κ2) is 6.42. The average molecular weight is 236 g/mol. The van der Waals surface area contributed by atoms with Crippen molar-refractivity contribution in [2.75, 3.05) is 50.4 Å². The predicted octanol–water partition coefficient (Wildman–Crippen LogP) is 0.798. The van der Waals surface area contributed by atoms with Gasteiger partial charge in [-0.3, -0.25) is 4.90 Å². The number of aromatic nitrogens is 1. The maximum Gasteiger partial charge on any atom is 0.126 e. The number of morpholine rings is 1. The standard InChI is InChI=1S/C12H20N4O/c13-11-2-3-12(15-10-11)14-4-1-5-16-6-8-17-9-7-16/h2-3,10H,1,4-9,13H2,(H,14,15). The van der Waals surface area contributed by atoms with Crippen LogP contribution >= 0.6 is 0 Å². The van der Waals surface area contributed by atoms with E-state index in [1.165, 1.54) is 0 Å². The quantitative estimate of drug-likeness (QED) is 0.740. The largest absolute Gasteiger partial charge is 0.397 e. The number of hydrogen-bond acceptors (Lipinski definition) is 5. The molecular weight excluding hydrogens is 216 g/mol. The topological polar surface area (TPSA) is 63.4 Å². The van der Waals surface area contributed by atoms with Gasteiger partial charge in [-0.25, -0.2) is 4.98 Å². The highest BCUT2D eigenvalue weighted by molar-refractivity contribution is 5.43. The lowest BCUT2D eigenvalue weighted by Crippen LogP contribution is -2.37. The van der Waals surface area contributed by atoms with Gasteiger partial charge in [0.2, 0.25) is 0 Å². The first-order valence-corrected chi connectivity index (χ1v) is 6.10. The van der Waals surface area contributed by atoms with Gasteiger partial charge in [0.15, 0.2) is 0 Å². The molecule has 0 saturated carbocycles. The van der Waals surface area contributed by atoms with Crippen molar-refractivity contribution in [3.05, 3.63) is 18.3 Å². The highest BCUT2D eigenvalue weighted by atomic mass is 16.5. The highest BCUT2D eigenvalue weighted by Crippen LogP contribution is 2.06. The Labute approximate surface area is 102 Å². The Morgan fingerprint density at radius 1 is 1.35 bits per heavy atom. The molecule has 0 bridgehead atoms. The molecule has 94 valence electrons. The van der Waals surface area contributed by atoms with Gasteiger partial charge < -0.3 is 15.8 Å². The lowest BCUT2D eigenvalue weighted by molar-refractivity contribution is 0.0378. The summed E-state index contributed by atoms with van der Waals surface area (Å²) in [6, 6.07) is 3.77. The van der Waals surface area contributed by atoms with Crippen LogP contribution in [0.3, 0.4) is 0 Å². The van der Waals surface area contributed by atoms with E-state index in [9.17, 15) is 0 Å². The van der Waals surface area contributed by atoms with Crippen LogP contribution in [0, 0.1) is 0 Å². The second-order valence-corrected chi connectivity index (χ2v) is 4.21. The van der Waals surface area contributed by atoms with Crippen LogP contribution in [0.15, 0.2) is 18.3 Å². The maximum atomic E-state index is 5.57. The van der Waals surface area contributed by atoms with Gasteiger partial charge in [-0.1, -0.05) is 0 Å². The van der Waals surface area contributed by atoms with Crippen LogP contribution in [-0.4, -0.2) is 49.3 Å². The molecule has 0 radical (unpaired) electrons. The van der Waals surface area contributed by atoms with Crippen LogP contribution in [0.1, 0.15) is 6.42 Å². The molecule has 3 N–H and O–H groups in total. The van der Waals surface area contributed by atoms with Gasteiger partial charge in [0, 0.05) is 19.6 Å². The van der Waals surface area contributed by atoms with Crippen molar-refractivity contribution in [1.82, 2.24) is 9.88 Å². The van der Waals surface area contributed by atoms with Crippen molar-refractivity contribution in [2.45, 2.75) is 6.42 Å². The minimum atomic E-state index is 0.698. The molecular formula is C12H20N4O. The number of nitrogens with one attached hydrogen (secondary N) is 1. The third-order valence-corrected chi connectivity index (χ3v) is 2.85. The fraction of sp³-hybridized carbons (Fsp3) is 0.583. The first-order valence-electron chi connectivity index (χ1n) is 6.10. The molecule has 0 aromatic carbocycles. The molecule has 0 spiro atoms. The number of rotatable bonds is 5. The molecule has 0 unspecified atom stereocenters. The molecule has 2 rings (SSSR count). The molecule has 0 amide bonds. The van der Waals surface area contributed by atoms with Crippen molar-refractivity contribution in [1.29, 1.82) is 0 Å². The first kappa shape index (κ1) is 12.1. The molecule has 1 aliphatic rings. The van der Waals surface area contributed by atoms with Crippen LogP contribution in [0.2, 0.25) is 0 Å². The SMILES string of the molecule is Nc1ccc(NCCCN2CCOCC2)nc1. The molecule has 5 heteroatoms. The Morgan fingerprint density at radius 2 is 2.18 bits per heavy atom. The lowest BCUT2D eigenvalue weighted by Gasteiger charge is -2.26. The normalized spacial score (nSPS) is 16.9. The van der Waals surface area contributed by atoms with Gasteiger partial charge in [-0.2, -0.15) is 0 Å². The van der Waals surface area contributed by atoms with Crippen molar-refractivity contribution in [2.24, 2.45) is 0 Å². The van der Waals surface area contributed by atoms with Gasteiger partial charge in [0.05, 0.1) is 25.1 Å². The number of pyridine rings is 1. The van der Waals surface area contributed by atoms with Crippen molar-refractivity contribution in [3.8, 4) is 0 Å². The Hall–Kier alpha value is -1.33. The minimum absolute atomic E-state index is 0.698. The molecule has 2 heterocycles. The zero-order chi connectivity index (χ0) is 11.9. The summed E-state index contributed by atoms with van der Waals surface area (Å²) in [5.74, 6) is 0.890. The van der Waals surface area contributed by atoms with Gasteiger partial charge >= 0.3 is 0 Å². The predicted molar refractivity (Wildman–Crippen MR) is 69.0 cm³/mol. The first-order chi connectivity index (χ1) is 8.34. The van der Waals surface area contributed by atoms with Crippen LogP contribution in [-0.2, 0) is 4.74 Å². The summed E-state index contributed by atoms with van der Waals surface area (Å²) in [6.45, 7) is 5.90. The van der Waals surface area contributed by atoms with E-state index in [1.807, 2.05) is 12.1 Å². The number of ether oxygens (including phenoxy) is 1. The molecule has 1 aromatic rings. The third-order valence-electron chi connectivity index (χ3n) is 2.85. The van der Waals surface area contributed by atoms with Crippen LogP contribution < -0.4 is 11.1 Å². The summed E-state index contributed by atoms with van der Waals surface area (Å²) >= 11 is 0. The molecule has 1 aromatic heterocycles. The Kier molecular flexibility index (Phi) is 4.58. The van der Waals surface area contributed by atoms with E-state index in [1.54, 1.807) is 6.20 Å². The van der Waals surface area contributed by atoms with E-state index in [4.69, 9.17) is 10.5 Å².